The van der Waals surface area contributed by atoms with E-state index in [0.717, 1.165) is 26.1 Å². The highest BCUT2D eigenvalue weighted by atomic mass is 16.3. The maximum atomic E-state index is 9.11. The number of nitrogens with two attached hydrogens (primary N) is 1. The second kappa shape index (κ2) is 8.52. The van der Waals surface area contributed by atoms with Gasteiger partial charge in [0, 0.05) is 19.2 Å². The summed E-state index contributed by atoms with van der Waals surface area (Å²) < 4.78 is 0. The Morgan fingerprint density at radius 2 is 2.00 bits per heavy atom. The van der Waals surface area contributed by atoms with E-state index in [2.05, 4.69) is 42.2 Å². The van der Waals surface area contributed by atoms with Crippen LogP contribution >= 0.6 is 0 Å². The van der Waals surface area contributed by atoms with Crippen molar-refractivity contribution in [1.82, 2.24) is 4.90 Å². The molecule has 0 radical (unpaired) electrons. The van der Waals surface area contributed by atoms with Crippen molar-refractivity contribution in [3.05, 3.63) is 35.9 Å². The summed E-state index contributed by atoms with van der Waals surface area (Å²) in [6.07, 6.45) is 4.53. The summed E-state index contributed by atoms with van der Waals surface area (Å²) in [5.41, 5.74) is 7.49. The van der Waals surface area contributed by atoms with Gasteiger partial charge in [-0.3, -0.25) is 0 Å². The summed E-state index contributed by atoms with van der Waals surface area (Å²) >= 11 is 0. The van der Waals surface area contributed by atoms with E-state index in [1.165, 1.54) is 24.8 Å². The molecule has 118 valence electrons. The molecular weight excluding hydrogens is 260 g/mol. The van der Waals surface area contributed by atoms with Crippen molar-refractivity contribution >= 4 is 0 Å². The highest BCUT2D eigenvalue weighted by Gasteiger charge is 2.33. The third-order valence-corrected chi connectivity index (χ3v) is 5.01. The Balaban J connectivity index is 2.07. The minimum atomic E-state index is 0.276. The van der Waals surface area contributed by atoms with Crippen LogP contribution in [0.5, 0.6) is 0 Å². The summed E-state index contributed by atoms with van der Waals surface area (Å²) in [7, 11) is 0. The van der Waals surface area contributed by atoms with Gasteiger partial charge in [-0.05, 0) is 56.2 Å². The SMILES string of the molecule is CCN(CCCO)C1CC(c2ccccc2)CCC1CN. The zero-order chi connectivity index (χ0) is 15.1. The Hall–Kier alpha value is -0.900. The first kappa shape index (κ1) is 16.5. The second-order valence-electron chi connectivity index (χ2n) is 6.19. The zero-order valence-electron chi connectivity index (χ0n) is 13.2. The van der Waals surface area contributed by atoms with Crippen LogP contribution in [-0.2, 0) is 0 Å². The molecule has 0 amide bonds. The van der Waals surface area contributed by atoms with Crippen molar-refractivity contribution in [3.8, 4) is 0 Å². The van der Waals surface area contributed by atoms with Crippen molar-refractivity contribution in [2.75, 3.05) is 26.2 Å². The number of nitrogens with zero attached hydrogens (tertiary/aromatic N) is 1. The van der Waals surface area contributed by atoms with E-state index in [4.69, 9.17) is 10.8 Å². The topological polar surface area (TPSA) is 49.5 Å². The van der Waals surface area contributed by atoms with Crippen molar-refractivity contribution in [2.45, 2.75) is 44.6 Å². The molecule has 0 spiro atoms. The molecule has 1 aromatic carbocycles. The summed E-state index contributed by atoms with van der Waals surface area (Å²) in [5.74, 6) is 1.26. The fourth-order valence-corrected chi connectivity index (χ4v) is 3.79. The van der Waals surface area contributed by atoms with Gasteiger partial charge in [0.05, 0.1) is 0 Å². The van der Waals surface area contributed by atoms with Crippen molar-refractivity contribution in [3.63, 3.8) is 0 Å². The van der Waals surface area contributed by atoms with Gasteiger partial charge in [-0.2, -0.15) is 0 Å². The molecule has 1 aromatic rings. The Bertz CT molecular complexity index is 395. The van der Waals surface area contributed by atoms with E-state index < -0.39 is 0 Å². The molecule has 21 heavy (non-hydrogen) atoms. The fraction of sp³-hybridized carbons (Fsp3) is 0.667. The van der Waals surface area contributed by atoms with E-state index in [0.29, 0.717) is 17.9 Å². The Labute approximate surface area is 129 Å². The molecular formula is C18H30N2O. The lowest BCUT2D eigenvalue weighted by molar-refractivity contribution is 0.0952. The summed E-state index contributed by atoms with van der Waals surface area (Å²) in [6.45, 7) is 5.30. The van der Waals surface area contributed by atoms with Crippen molar-refractivity contribution in [1.29, 1.82) is 0 Å². The van der Waals surface area contributed by atoms with Gasteiger partial charge in [-0.25, -0.2) is 0 Å². The lowest BCUT2D eigenvalue weighted by Crippen LogP contribution is -2.47. The molecule has 1 fully saturated rings. The van der Waals surface area contributed by atoms with Crippen LogP contribution in [0.3, 0.4) is 0 Å². The molecule has 1 saturated carbocycles. The van der Waals surface area contributed by atoms with E-state index in [1.807, 2.05) is 0 Å². The predicted octanol–water partition coefficient (Wildman–Crippen LogP) is 2.60. The van der Waals surface area contributed by atoms with Gasteiger partial charge in [0.25, 0.3) is 0 Å². The first-order valence-corrected chi connectivity index (χ1v) is 8.40. The molecule has 0 saturated heterocycles. The number of aliphatic hydroxyl groups excluding tert-OH is 1. The number of hydrogen-bond donors (Lipinski definition) is 2. The third-order valence-electron chi connectivity index (χ3n) is 5.01. The highest BCUT2D eigenvalue weighted by molar-refractivity contribution is 5.20. The smallest absolute Gasteiger partial charge is 0.0443 e. The molecule has 3 N–H and O–H groups in total. The summed E-state index contributed by atoms with van der Waals surface area (Å²) in [4.78, 5) is 2.53. The molecule has 3 atom stereocenters. The average molecular weight is 290 g/mol. The first-order valence-electron chi connectivity index (χ1n) is 8.40. The summed E-state index contributed by atoms with van der Waals surface area (Å²) in [5, 5.41) is 9.11. The predicted molar refractivity (Wildman–Crippen MR) is 88.3 cm³/mol. The Morgan fingerprint density at radius 3 is 2.62 bits per heavy atom. The maximum Gasteiger partial charge on any atom is 0.0443 e. The largest absolute Gasteiger partial charge is 0.396 e. The number of benzene rings is 1. The van der Waals surface area contributed by atoms with Gasteiger partial charge in [0.15, 0.2) is 0 Å². The van der Waals surface area contributed by atoms with Crippen LogP contribution in [0.2, 0.25) is 0 Å². The van der Waals surface area contributed by atoms with Gasteiger partial charge in [0.2, 0.25) is 0 Å². The Kier molecular flexibility index (Phi) is 6.68. The molecule has 0 heterocycles. The number of hydrogen-bond acceptors (Lipinski definition) is 3. The van der Waals surface area contributed by atoms with Gasteiger partial charge < -0.3 is 15.7 Å². The van der Waals surface area contributed by atoms with E-state index in [1.54, 1.807) is 0 Å². The molecule has 1 aliphatic carbocycles. The molecule has 2 rings (SSSR count). The molecule has 3 nitrogen and oxygen atoms in total. The standard InChI is InChI=1S/C18H30N2O/c1-2-20(11-6-12-21)18-13-16(9-10-17(18)14-19)15-7-4-3-5-8-15/h3-5,7-8,16-18,21H,2,6,9-14,19H2,1H3. The third kappa shape index (κ3) is 4.29. The Morgan fingerprint density at radius 1 is 1.24 bits per heavy atom. The maximum absolute atomic E-state index is 9.11. The number of rotatable bonds is 7. The summed E-state index contributed by atoms with van der Waals surface area (Å²) in [6, 6.07) is 11.5. The fourth-order valence-electron chi connectivity index (χ4n) is 3.79. The van der Waals surface area contributed by atoms with E-state index in [-0.39, 0.29) is 6.61 Å². The molecule has 3 heteroatoms. The highest BCUT2D eigenvalue weighted by Crippen LogP contribution is 2.37. The van der Waals surface area contributed by atoms with Crippen LogP contribution in [0.15, 0.2) is 30.3 Å². The number of aliphatic hydroxyl groups is 1. The normalized spacial score (nSPS) is 26.2. The molecule has 1 aliphatic rings. The van der Waals surface area contributed by atoms with Gasteiger partial charge >= 0.3 is 0 Å². The van der Waals surface area contributed by atoms with Gasteiger partial charge in [-0.15, -0.1) is 0 Å². The lowest BCUT2D eigenvalue weighted by Gasteiger charge is -2.42. The molecule has 0 aliphatic heterocycles. The second-order valence-corrected chi connectivity index (χ2v) is 6.19. The molecule has 3 unspecified atom stereocenters. The average Bonchev–Trinajstić information content (AvgIpc) is 2.56. The van der Waals surface area contributed by atoms with Crippen LogP contribution < -0.4 is 5.73 Å². The van der Waals surface area contributed by atoms with Crippen LogP contribution in [-0.4, -0.2) is 42.3 Å². The first-order chi connectivity index (χ1) is 10.3. The monoisotopic (exact) mass is 290 g/mol. The lowest BCUT2D eigenvalue weighted by atomic mass is 9.75. The molecule has 0 bridgehead atoms. The quantitative estimate of drug-likeness (QED) is 0.811. The minimum Gasteiger partial charge on any atom is -0.396 e. The van der Waals surface area contributed by atoms with Gasteiger partial charge in [0.1, 0.15) is 0 Å². The van der Waals surface area contributed by atoms with Crippen molar-refractivity contribution < 1.29 is 5.11 Å². The zero-order valence-corrected chi connectivity index (χ0v) is 13.2. The van der Waals surface area contributed by atoms with Crippen LogP contribution in [0.1, 0.15) is 44.1 Å². The van der Waals surface area contributed by atoms with Crippen molar-refractivity contribution in [2.24, 2.45) is 11.7 Å². The van der Waals surface area contributed by atoms with Crippen LogP contribution in [0.25, 0.3) is 0 Å². The van der Waals surface area contributed by atoms with E-state index >= 15 is 0 Å². The van der Waals surface area contributed by atoms with Gasteiger partial charge in [-0.1, -0.05) is 37.3 Å². The van der Waals surface area contributed by atoms with Crippen LogP contribution in [0.4, 0.5) is 0 Å². The van der Waals surface area contributed by atoms with E-state index in [9.17, 15) is 0 Å². The molecule has 0 aromatic heterocycles. The van der Waals surface area contributed by atoms with Crippen LogP contribution in [0, 0.1) is 5.92 Å². The minimum absolute atomic E-state index is 0.276.